The van der Waals surface area contributed by atoms with Crippen molar-refractivity contribution in [2.45, 2.75) is 25.9 Å². The van der Waals surface area contributed by atoms with E-state index >= 15 is 0 Å². The standard InChI is InChI=1S/C14H18BrNO3/c1-9-5-6-16(13(9)14(17)18)8-10-7-11(15)3-4-12(10)19-2/h3-4,7,9,13H,5-6,8H2,1-2H3,(H,17,18). The van der Waals surface area contributed by atoms with Gasteiger partial charge in [-0.2, -0.15) is 0 Å². The van der Waals surface area contributed by atoms with E-state index in [-0.39, 0.29) is 5.92 Å². The predicted octanol–water partition coefficient (Wildman–Crippen LogP) is 2.75. The molecule has 1 aromatic rings. The van der Waals surface area contributed by atoms with Gasteiger partial charge in [-0.05, 0) is 37.1 Å². The predicted molar refractivity (Wildman–Crippen MR) is 76.3 cm³/mol. The molecule has 0 saturated carbocycles. The third-order valence-corrected chi connectivity index (χ3v) is 4.17. The molecular weight excluding hydrogens is 310 g/mol. The fourth-order valence-electron chi connectivity index (χ4n) is 2.69. The highest BCUT2D eigenvalue weighted by Gasteiger charge is 2.36. The summed E-state index contributed by atoms with van der Waals surface area (Å²) in [7, 11) is 1.63. The zero-order chi connectivity index (χ0) is 14.0. The molecule has 0 aliphatic carbocycles. The molecular formula is C14H18BrNO3. The van der Waals surface area contributed by atoms with Gasteiger partial charge in [0.25, 0.3) is 0 Å². The van der Waals surface area contributed by atoms with Crippen LogP contribution in [0.5, 0.6) is 5.75 Å². The van der Waals surface area contributed by atoms with Gasteiger partial charge in [-0.3, -0.25) is 9.69 Å². The van der Waals surface area contributed by atoms with Crippen LogP contribution in [0.4, 0.5) is 0 Å². The number of nitrogens with zero attached hydrogens (tertiary/aromatic N) is 1. The summed E-state index contributed by atoms with van der Waals surface area (Å²) in [5, 5.41) is 9.33. The molecule has 19 heavy (non-hydrogen) atoms. The molecule has 0 spiro atoms. The van der Waals surface area contributed by atoms with Gasteiger partial charge in [0.1, 0.15) is 11.8 Å². The monoisotopic (exact) mass is 327 g/mol. The average molecular weight is 328 g/mol. The summed E-state index contributed by atoms with van der Waals surface area (Å²) in [6.07, 6.45) is 0.924. The highest BCUT2D eigenvalue weighted by molar-refractivity contribution is 9.10. The van der Waals surface area contributed by atoms with Crippen LogP contribution in [-0.2, 0) is 11.3 Å². The van der Waals surface area contributed by atoms with Gasteiger partial charge in [0.05, 0.1) is 7.11 Å². The highest BCUT2D eigenvalue weighted by Crippen LogP contribution is 2.30. The number of aliphatic carboxylic acids is 1. The quantitative estimate of drug-likeness (QED) is 0.923. The summed E-state index contributed by atoms with van der Waals surface area (Å²) in [4.78, 5) is 13.4. The summed E-state index contributed by atoms with van der Waals surface area (Å²) in [5.74, 6) is 0.251. The number of hydrogen-bond acceptors (Lipinski definition) is 3. The van der Waals surface area contributed by atoms with Crippen LogP contribution in [0, 0.1) is 5.92 Å². The van der Waals surface area contributed by atoms with Gasteiger partial charge in [-0.1, -0.05) is 22.9 Å². The summed E-state index contributed by atoms with van der Waals surface area (Å²) >= 11 is 3.44. The fraction of sp³-hybridized carbons (Fsp3) is 0.500. The summed E-state index contributed by atoms with van der Waals surface area (Å²) in [6.45, 7) is 3.41. The molecule has 1 aliphatic rings. The number of benzene rings is 1. The van der Waals surface area contributed by atoms with E-state index in [4.69, 9.17) is 4.74 Å². The minimum Gasteiger partial charge on any atom is -0.496 e. The molecule has 0 bridgehead atoms. The van der Waals surface area contributed by atoms with Crippen molar-refractivity contribution in [2.75, 3.05) is 13.7 Å². The van der Waals surface area contributed by atoms with Crippen LogP contribution in [0.1, 0.15) is 18.9 Å². The van der Waals surface area contributed by atoms with Crippen LogP contribution in [0.2, 0.25) is 0 Å². The number of methoxy groups -OCH3 is 1. The molecule has 1 aromatic carbocycles. The van der Waals surface area contributed by atoms with E-state index in [1.54, 1.807) is 7.11 Å². The summed E-state index contributed by atoms with van der Waals surface area (Å²) in [5.41, 5.74) is 1.01. The van der Waals surface area contributed by atoms with E-state index in [0.29, 0.717) is 6.54 Å². The Balaban J connectivity index is 2.21. The zero-order valence-corrected chi connectivity index (χ0v) is 12.7. The second-order valence-electron chi connectivity index (χ2n) is 4.98. The molecule has 2 unspecified atom stereocenters. The number of carbonyl (C=O) groups is 1. The maximum Gasteiger partial charge on any atom is 0.321 e. The first-order valence-electron chi connectivity index (χ1n) is 6.32. The van der Waals surface area contributed by atoms with Crippen molar-refractivity contribution in [3.05, 3.63) is 28.2 Å². The Morgan fingerprint density at radius 2 is 2.32 bits per heavy atom. The van der Waals surface area contributed by atoms with Gasteiger partial charge in [-0.25, -0.2) is 0 Å². The fourth-order valence-corrected chi connectivity index (χ4v) is 3.10. The highest BCUT2D eigenvalue weighted by atomic mass is 79.9. The average Bonchev–Trinajstić information content (AvgIpc) is 2.71. The van der Waals surface area contributed by atoms with E-state index in [1.165, 1.54) is 0 Å². The second-order valence-corrected chi connectivity index (χ2v) is 5.89. The minimum absolute atomic E-state index is 0.190. The lowest BCUT2D eigenvalue weighted by Crippen LogP contribution is -2.38. The normalized spacial score (nSPS) is 23.5. The molecule has 2 rings (SSSR count). The number of halogens is 1. The number of carboxylic acid groups (broad SMARTS) is 1. The summed E-state index contributed by atoms with van der Waals surface area (Å²) in [6, 6.07) is 5.41. The van der Waals surface area contributed by atoms with Crippen LogP contribution in [-0.4, -0.2) is 35.7 Å². The number of ether oxygens (including phenoxy) is 1. The largest absolute Gasteiger partial charge is 0.496 e. The van der Waals surface area contributed by atoms with Crippen LogP contribution >= 0.6 is 15.9 Å². The first-order valence-corrected chi connectivity index (χ1v) is 7.11. The Kier molecular flexibility index (Phi) is 4.47. The number of likely N-dealkylation sites (tertiary alicyclic amines) is 1. The topological polar surface area (TPSA) is 49.8 Å². The molecule has 1 saturated heterocycles. The van der Waals surface area contributed by atoms with Gasteiger partial charge >= 0.3 is 5.97 Å². The third-order valence-electron chi connectivity index (χ3n) is 3.67. The van der Waals surface area contributed by atoms with E-state index in [0.717, 1.165) is 28.8 Å². The first-order chi connectivity index (χ1) is 9.02. The molecule has 1 aliphatic heterocycles. The second kappa shape index (κ2) is 5.92. The molecule has 0 amide bonds. The molecule has 1 heterocycles. The number of rotatable bonds is 4. The molecule has 1 fully saturated rings. The van der Waals surface area contributed by atoms with Crippen molar-refractivity contribution in [1.82, 2.24) is 4.90 Å². The smallest absolute Gasteiger partial charge is 0.321 e. The van der Waals surface area contributed by atoms with E-state index < -0.39 is 12.0 Å². The van der Waals surface area contributed by atoms with Gasteiger partial charge in [0, 0.05) is 16.6 Å². The maximum absolute atomic E-state index is 11.4. The molecule has 0 aromatic heterocycles. The van der Waals surface area contributed by atoms with Crippen molar-refractivity contribution >= 4 is 21.9 Å². The van der Waals surface area contributed by atoms with Crippen molar-refractivity contribution in [3.63, 3.8) is 0 Å². The lowest BCUT2D eigenvalue weighted by atomic mass is 10.0. The van der Waals surface area contributed by atoms with Gasteiger partial charge < -0.3 is 9.84 Å². The Bertz CT molecular complexity index is 478. The minimum atomic E-state index is -0.737. The number of hydrogen-bond donors (Lipinski definition) is 1. The molecule has 4 nitrogen and oxygen atoms in total. The van der Waals surface area contributed by atoms with Crippen LogP contribution in [0.25, 0.3) is 0 Å². The molecule has 0 radical (unpaired) electrons. The zero-order valence-electron chi connectivity index (χ0n) is 11.1. The van der Waals surface area contributed by atoms with Gasteiger partial charge in [0.2, 0.25) is 0 Å². The Morgan fingerprint density at radius 3 is 2.95 bits per heavy atom. The lowest BCUT2D eigenvalue weighted by molar-refractivity contribution is -0.143. The number of carboxylic acids is 1. The first kappa shape index (κ1) is 14.3. The molecule has 5 heteroatoms. The Hall–Kier alpha value is -1.07. The van der Waals surface area contributed by atoms with Gasteiger partial charge in [-0.15, -0.1) is 0 Å². The van der Waals surface area contributed by atoms with Crippen LogP contribution in [0.3, 0.4) is 0 Å². The van der Waals surface area contributed by atoms with E-state index in [1.807, 2.05) is 30.0 Å². The SMILES string of the molecule is COc1ccc(Br)cc1CN1CCC(C)C1C(=O)O. The van der Waals surface area contributed by atoms with Crippen LogP contribution in [0.15, 0.2) is 22.7 Å². The lowest BCUT2D eigenvalue weighted by Gasteiger charge is -2.24. The maximum atomic E-state index is 11.4. The molecule has 1 N–H and O–H groups in total. The van der Waals surface area contributed by atoms with Crippen molar-refractivity contribution in [2.24, 2.45) is 5.92 Å². The summed E-state index contributed by atoms with van der Waals surface area (Å²) < 4.78 is 6.31. The van der Waals surface area contributed by atoms with Crippen molar-refractivity contribution in [1.29, 1.82) is 0 Å². The van der Waals surface area contributed by atoms with E-state index in [9.17, 15) is 9.90 Å². The molecule has 104 valence electrons. The van der Waals surface area contributed by atoms with Crippen LogP contribution < -0.4 is 4.74 Å². The van der Waals surface area contributed by atoms with E-state index in [2.05, 4.69) is 15.9 Å². The Morgan fingerprint density at radius 1 is 1.58 bits per heavy atom. The molecule has 2 atom stereocenters. The van der Waals surface area contributed by atoms with Crippen molar-refractivity contribution < 1.29 is 14.6 Å². The Labute approximate surface area is 121 Å². The van der Waals surface area contributed by atoms with Crippen molar-refractivity contribution in [3.8, 4) is 5.75 Å². The third kappa shape index (κ3) is 3.09. The van der Waals surface area contributed by atoms with Gasteiger partial charge in [0.15, 0.2) is 0 Å².